The highest BCUT2D eigenvalue weighted by atomic mass is 16.6. The summed E-state index contributed by atoms with van der Waals surface area (Å²) in [6, 6.07) is 23.3. The van der Waals surface area contributed by atoms with E-state index in [9.17, 15) is 9.59 Å². The van der Waals surface area contributed by atoms with E-state index < -0.39 is 23.6 Å². The number of hydrogen-bond acceptors (Lipinski definition) is 4. The van der Waals surface area contributed by atoms with Crippen molar-refractivity contribution >= 4 is 22.8 Å². The van der Waals surface area contributed by atoms with Crippen LogP contribution < -0.4 is 16.4 Å². The normalized spacial score (nSPS) is 13.3. The van der Waals surface area contributed by atoms with Gasteiger partial charge in [0.25, 0.3) is 0 Å². The zero-order chi connectivity index (χ0) is 23.8. The monoisotopic (exact) mass is 447 g/mol. The van der Waals surface area contributed by atoms with Crippen molar-refractivity contribution in [2.45, 2.75) is 51.3 Å². The largest absolute Gasteiger partial charge is 0.444 e. The predicted molar refractivity (Wildman–Crippen MR) is 132 cm³/mol. The standard InChI is InChI=1S/C27H33N3O3/c1-27(2,3)33-26(32)30-23(16-20-13-14-21-11-7-8-12-22(21)15-20)18-29-24(25(28)31)17-19-9-5-4-6-10-19/h4-15,23-24,29H,16-18H2,1-3H3,(H2,28,31)(H,30,32)/t23-,24-/m1/s1. The number of nitrogens with two attached hydrogens (primary N) is 1. The van der Waals surface area contributed by atoms with Gasteiger partial charge in [0.05, 0.1) is 6.04 Å². The van der Waals surface area contributed by atoms with Gasteiger partial charge in [-0.1, -0.05) is 72.8 Å². The van der Waals surface area contributed by atoms with Crippen LogP contribution in [0.4, 0.5) is 4.79 Å². The molecule has 0 aliphatic carbocycles. The third-order valence-electron chi connectivity index (χ3n) is 5.25. The van der Waals surface area contributed by atoms with Crippen LogP contribution in [0.5, 0.6) is 0 Å². The lowest BCUT2D eigenvalue weighted by atomic mass is 10.0. The number of carbonyl (C=O) groups excluding carboxylic acids is 2. The van der Waals surface area contributed by atoms with Crippen LogP contribution in [0.2, 0.25) is 0 Å². The van der Waals surface area contributed by atoms with Crippen molar-refractivity contribution < 1.29 is 14.3 Å². The Kier molecular flexibility index (Phi) is 8.06. The van der Waals surface area contributed by atoms with Crippen LogP contribution in [-0.4, -0.2) is 36.2 Å². The van der Waals surface area contributed by atoms with Gasteiger partial charge in [-0.3, -0.25) is 4.79 Å². The number of nitrogens with one attached hydrogen (secondary N) is 2. The molecule has 0 aromatic heterocycles. The van der Waals surface area contributed by atoms with Crippen molar-refractivity contribution in [3.63, 3.8) is 0 Å². The highest BCUT2D eigenvalue weighted by molar-refractivity contribution is 5.83. The number of benzene rings is 3. The number of fused-ring (bicyclic) bond motifs is 1. The van der Waals surface area contributed by atoms with Gasteiger partial charge < -0.3 is 21.1 Å². The third-order valence-corrected chi connectivity index (χ3v) is 5.25. The van der Waals surface area contributed by atoms with Crippen molar-refractivity contribution in [2.24, 2.45) is 5.73 Å². The van der Waals surface area contributed by atoms with Gasteiger partial charge in [-0.25, -0.2) is 4.79 Å². The number of alkyl carbamates (subject to hydrolysis) is 1. The van der Waals surface area contributed by atoms with E-state index in [2.05, 4.69) is 41.0 Å². The highest BCUT2D eigenvalue weighted by Gasteiger charge is 2.22. The molecule has 0 spiro atoms. The zero-order valence-corrected chi connectivity index (χ0v) is 19.5. The Bertz CT molecular complexity index is 1080. The summed E-state index contributed by atoms with van der Waals surface area (Å²) in [6.07, 6.45) is 0.563. The maximum Gasteiger partial charge on any atom is 0.407 e. The second kappa shape index (κ2) is 11.0. The van der Waals surface area contributed by atoms with Crippen molar-refractivity contribution in [1.29, 1.82) is 0 Å². The van der Waals surface area contributed by atoms with Gasteiger partial charge in [0.1, 0.15) is 5.60 Å². The Morgan fingerprint density at radius 1 is 0.879 bits per heavy atom. The third kappa shape index (κ3) is 7.91. The van der Waals surface area contributed by atoms with Crippen LogP contribution in [0, 0.1) is 0 Å². The van der Waals surface area contributed by atoms with Gasteiger partial charge in [-0.15, -0.1) is 0 Å². The van der Waals surface area contributed by atoms with Crippen LogP contribution in [0.1, 0.15) is 31.9 Å². The van der Waals surface area contributed by atoms with Gasteiger partial charge in [-0.2, -0.15) is 0 Å². The van der Waals surface area contributed by atoms with E-state index in [-0.39, 0.29) is 6.04 Å². The number of primary amides is 1. The molecule has 0 saturated carbocycles. The average Bonchev–Trinajstić information content (AvgIpc) is 2.75. The first-order chi connectivity index (χ1) is 15.7. The number of rotatable bonds is 9. The molecule has 3 aromatic carbocycles. The SMILES string of the molecule is CC(C)(C)OC(=O)N[C@@H](CN[C@H](Cc1ccccc1)C(N)=O)Cc1ccc2ccccc2c1. The topological polar surface area (TPSA) is 93.4 Å². The van der Waals surface area contributed by atoms with Gasteiger partial charge in [-0.05, 0) is 55.5 Å². The van der Waals surface area contributed by atoms with E-state index in [1.807, 2.05) is 63.2 Å². The van der Waals surface area contributed by atoms with Crippen molar-refractivity contribution in [3.05, 3.63) is 83.9 Å². The maximum atomic E-state index is 12.5. The molecule has 174 valence electrons. The molecule has 0 bridgehead atoms. The summed E-state index contributed by atoms with van der Waals surface area (Å²) in [7, 11) is 0. The second-order valence-electron chi connectivity index (χ2n) is 9.28. The molecule has 3 rings (SSSR count). The first-order valence-corrected chi connectivity index (χ1v) is 11.2. The predicted octanol–water partition coefficient (Wildman–Crippen LogP) is 3.96. The number of amides is 2. The smallest absolute Gasteiger partial charge is 0.407 e. The molecule has 0 aliphatic rings. The Balaban J connectivity index is 1.73. The fraction of sp³-hybridized carbons (Fsp3) is 0.333. The van der Waals surface area contributed by atoms with Crippen LogP contribution >= 0.6 is 0 Å². The van der Waals surface area contributed by atoms with Crippen LogP contribution in [0.15, 0.2) is 72.8 Å². The van der Waals surface area contributed by atoms with Gasteiger partial charge >= 0.3 is 6.09 Å². The summed E-state index contributed by atoms with van der Waals surface area (Å²) in [4.78, 5) is 24.6. The summed E-state index contributed by atoms with van der Waals surface area (Å²) < 4.78 is 5.46. The highest BCUT2D eigenvalue weighted by Crippen LogP contribution is 2.17. The minimum absolute atomic E-state index is 0.293. The molecule has 3 aromatic rings. The molecule has 4 N–H and O–H groups in total. The summed E-state index contributed by atoms with van der Waals surface area (Å²) in [5.74, 6) is -0.430. The van der Waals surface area contributed by atoms with Gasteiger partial charge in [0.15, 0.2) is 0 Å². The molecule has 0 aliphatic heterocycles. The van der Waals surface area contributed by atoms with E-state index in [1.54, 1.807) is 0 Å². The molecule has 2 amide bonds. The van der Waals surface area contributed by atoms with E-state index >= 15 is 0 Å². The first-order valence-electron chi connectivity index (χ1n) is 11.2. The fourth-order valence-corrected chi connectivity index (χ4v) is 3.71. The van der Waals surface area contributed by atoms with Gasteiger partial charge in [0, 0.05) is 12.6 Å². The first kappa shape index (κ1) is 24.3. The summed E-state index contributed by atoms with van der Waals surface area (Å²) in [5.41, 5.74) is 7.15. The van der Waals surface area contributed by atoms with E-state index in [1.165, 1.54) is 0 Å². The summed E-state index contributed by atoms with van der Waals surface area (Å²) >= 11 is 0. The molecular formula is C27H33N3O3. The van der Waals surface area contributed by atoms with Crippen LogP contribution in [0.3, 0.4) is 0 Å². The summed E-state index contributed by atoms with van der Waals surface area (Å²) in [6.45, 7) is 5.84. The molecular weight excluding hydrogens is 414 g/mol. The quantitative estimate of drug-likeness (QED) is 0.463. The maximum absolute atomic E-state index is 12.5. The summed E-state index contributed by atoms with van der Waals surface area (Å²) in [5, 5.41) is 8.50. The van der Waals surface area contributed by atoms with E-state index in [0.717, 1.165) is 21.9 Å². The van der Waals surface area contributed by atoms with E-state index in [0.29, 0.717) is 19.4 Å². The molecule has 33 heavy (non-hydrogen) atoms. The lowest BCUT2D eigenvalue weighted by Crippen LogP contribution is -2.51. The number of carbonyl (C=O) groups is 2. The van der Waals surface area contributed by atoms with Crippen molar-refractivity contribution in [3.8, 4) is 0 Å². The molecule has 0 unspecified atom stereocenters. The van der Waals surface area contributed by atoms with Crippen LogP contribution in [-0.2, 0) is 22.4 Å². The van der Waals surface area contributed by atoms with Crippen molar-refractivity contribution in [2.75, 3.05) is 6.54 Å². The molecule has 0 heterocycles. The Hall–Kier alpha value is -3.38. The lowest BCUT2D eigenvalue weighted by Gasteiger charge is -2.25. The molecule has 0 saturated heterocycles. The van der Waals surface area contributed by atoms with Crippen LogP contribution in [0.25, 0.3) is 10.8 Å². The van der Waals surface area contributed by atoms with Gasteiger partial charge in [0.2, 0.25) is 5.91 Å². The average molecular weight is 448 g/mol. The Morgan fingerprint density at radius 2 is 1.55 bits per heavy atom. The fourth-order valence-electron chi connectivity index (χ4n) is 3.71. The minimum Gasteiger partial charge on any atom is -0.444 e. The zero-order valence-electron chi connectivity index (χ0n) is 19.5. The lowest BCUT2D eigenvalue weighted by molar-refractivity contribution is -0.120. The van der Waals surface area contributed by atoms with E-state index in [4.69, 9.17) is 10.5 Å². The minimum atomic E-state index is -0.603. The Labute approximate surface area is 195 Å². The number of hydrogen-bond donors (Lipinski definition) is 3. The van der Waals surface area contributed by atoms with Crippen molar-refractivity contribution in [1.82, 2.24) is 10.6 Å². The molecule has 0 radical (unpaired) electrons. The number of ether oxygens (including phenoxy) is 1. The molecule has 0 fully saturated rings. The molecule has 6 nitrogen and oxygen atoms in total. The molecule has 2 atom stereocenters. The second-order valence-corrected chi connectivity index (χ2v) is 9.28. The Morgan fingerprint density at radius 3 is 2.21 bits per heavy atom. The molecule has 6 heteroatoms.